The van der Waals surface area contributed by atoms with Crippen molar-refractivity contribution in [3.63, 3.8) is 0 Å². The summed E-state index contributed by atoms with van der Waals surface area (Å²) in [5, 5.41) is 0. The third-order valence-electron chi connectivity index (χ3n) is 3.35. The molecule has 2 aromatic rings. The van der Waals surface area contributed by atoms with E-state index in [-0.39, 0.29) is 26.9 Å². The van der Waals surface area contributed by atoms with Gasteiger partial charge in [0.25, 0.3) is 0 Å². The van der Waals surface area contributed by atoms with Gasteiger partial charge in [0.05, 0.1) is 22.5 Å². The van der Waals surface area contributed by atoms with Gasteiger partial charge in [-0.2, -0.15) is 0 Å². The van der Waals surface area contributed by atoms with Crippen molar-refractivity contribution >= 4 is 20.5 Å². The molecule has 5 heteroatoms. The Kier molecular flexibility index (Phi) is 3.14. The van der Waals surface area contributed by atoms with Crippen molar-refractivity contribution < 1.29 is 17.9 Å². The number of methoxy groups -OCH3 is 1. The van der Waals surface area contributed by atoms with E-state index in [1.54, 1.807) is 42.5 Å². The van der Waals surface area contributed by atoms with Crippen molar-refractivity contribution in [1.29, 1.82) is 0 Å². The van der Waals surface area contributed by atoms with Crippen LogP contribution in [0.25, 0.3) is 4.91 Å². The molecule has 0 N–H and O–H groups in total. The Bertz CT molecular complexity index is 849. The average Bonchev–Trinajstić information content (AvgIpc) is 2.51. The molecular formula is C16H12O4S. The molecule has 4 nitrogen and oxygen atoms in total. The quantitative estimate of drug-likeness (QED) is 0.855. The normalized spacial score (nSPS) is 16.0. The number of hydrogen-bond donors (Lipinski definition) is 0. The monoisotopic (exact) mass is 300 g/mol. The zero-order valence-electron chi connectivity index (χ0n) is 11.2. The van der Waals surface area contributed by atoms with Crippen molar-refractivity contribution in [1.82, 2.24) is 0 Å². The summed E-state index contributed by atoms with van der Waals surface area (Å²) in [6, 6.07) is 13.2. The highest BCUT2D eigenvalue weighted by molar-refractivity contribution is 8.00. The first-order valence-corrected chi connectivity index (χ1v) is 7.77. The van der Waals surface area contributed by atoms with Crippen molar-refractivity contribution in [2.24, 2.45) is 0 Å². The van der Waals surface area contributed by atoms with Gasteiger partial charge in [-0.05, 0) is 17.7 Å². The van der Waals surface area contributed by atoms with Crippen LogP contribution in [0.15, 0.2) is 59.5 Å². The second-order valence-electron chi connectivity index (χ2n) is 4.58. The van der Waals surface area contributed by atoms with Gasteiger partial charge in [0.2, 0.25) is 9.84 Å². The summed E-state index contributed by atoms with van der Waals surface area (Å²) in [6.07, 6.45) is 1.16. The smallest absolute Gasteiger partial charge is 0.208 e. The summed E-state index contributed by atoms with van der Waals surface area (Å²) in [5.41, 5.74) is 0.596. The number of hydrogen-bond acceptors (Lipinski definition) is 4. The zero-order valence-corrected chi connectivity index (χ0v) is 12.1. The molecule has 0 spiro atoms. The van der Waals surface area contributed by atoms with E-state index < -0.39 is 9.84 Å². The molecule has 2 aromatic carbocycles. The molecule has 106 valence electrons. The van der Waals surface area contributed by atoms with Gasteiger partial charge in [0.1, 0.15) is 5.75 Å². The maximum atomic E-state index is 12.7. The summed E-state index contributed by atoms with van der Waals surface area (Å²) in [5.74, 6) is -0.0967. The van der Waals surface area contributed by atoms with Gasteiger partial charge >= 0.3 is 0 Å². The van der Waals surface area contributed by atoms with Gasteiger partial charge in [0, 0.05) is 6.08 Å². The predicted octanol–water partition coefficient (Wildman–Crippen LogP) is 2.71. The SMILES string of the molecule is COc1cccc2c1C(=O)C=C(c1ccccc1)S2(=O)=O. The molecule has 0 saturated carbocycles. The van der Waals surface area contributed by atoms with E-state index in [4.69, 9.17) is 4.74 Å². The molecule has 0 radical (unpaired) electrons. The molecular weight excluding hydrogens is 288 g/mol. The number of sulfone groups is 1. The van der Waals surface area contributed by atoms with E-state index in [0.29, 0.717) is 5.56 Å². The first kappa shape index (κ1) is 13.6. The number of ketones is 1. The topological polar surface area (TPSA) is 60.4 Å². The third-order valence-corrected chi connectivity index (χ3v) is 5.21. The van der Waals surface area contributed by atoms with Gasteiger partial charge in [-0.15, -0.1) is 0 Å². The first-order valence-electron chi connectivity index (χ1n) is 6.29. The highest BCUT2D eigenvalue weighted by Gasteiger charge is 2.34. The van der Waals surface area contributed by atoms with Crippen LogP contribution in [0.4, 0.5) is 0 Å². The molecule has 0 bridgehead atoms. The van der Waals surface area contributed by atoms with Crippen molar-refractivity contribution in [2.45, 2.75) is 4.90 Å². The van der Waals surface area contributed by atoms with Crippen LogP contribution in [0, 0.1) is 0 Å². The van der Waals surface area contributed by atoms with Gasteiger partial charge < -0.3 is 4.74 Å². The number of carbonyl (C=O) groups excluding carboxylic acids is 1. The van der Waals surface area contributed by atoms with Gasteiger partial charge in [0.15, 0.2) is 5.78 Å². The van der Waals surface area contributed by atoms with Gasteiger partial charge in [-0.25, -0.2) is 8.42 Å². The summed E-state index contributed by atoms with van der Waals surface area (Å²) < 4.78 is 30.6. The molecule has 1 aliphatic rings. The summed E-state index contributed by atoms with van der Waals surface area (Å²) >= 11 is 0. The first-order chi connectivity index (χ1) is 10.1. The zero-order chi connectivity index (χ0) is 15.0. The Morgan fingerprint density at radius 3 is 2.33 bits per heavy atom. The highest BCUT2D eigenvalue weighted by atomic mass is 32.2. The largest absolute Gasteiger partial charge is 0.496 e. The minimum Gasteiger partial charge on any atom is -0.496 e. The fraction of sp³-hybridized carbons (Fsp3) is 0.0625. The van der Waals surface area contributed by atoms with Crippen LogP contribution in [0.2, 0.25) is 0 Å². The van der Waals surface area contributed by atoms with Crippen molar-refractivity contribution in [3.8, 4) is 5.75 Å². The van der Waals surface area contributed by atoms with Crippen molar-refractivity contribution in [2.75, 3.05) is 7.11 Å². The molecule has 0 unspecified atom stereocenters. The number of carbonyl (C=O) groups is 1. The van der Waals surface area contributed by atoms with Crippen LogP contribution >= 0.6 is 0 Å². The van der Waals surface area contributed by atoms with Gasteiger partial charge in [-0.3, -0.25) is 4.79 Å². The summed E-state index contributed by atoms with van der Waals surface area (Å²) in [6.45, 7) is 0. The molecule has 21 heavy (non-hydrogen) atoms. The molecule has 0 aliphatic carbocycles. The lowest BCUT2D eigenvalue weighted by atomic mass is 10.1. The molecule has 0 saturated heterocycles. The van der Waals surface area contributed by atoms with Crippen LogP contribution in [0.1, 0.15) is 15.9 Å². The molecule has 1 heterocycles. The fourth-order valence-electron chi connectivity index (χ4n) is 2.38. The summed E-state index contributed by atoms with van der Waals surface area (Å²) in [7, 11) is -2.33. The van der Waals surface area contributed by atoms with E-state index in [0.717, 1.165) is 6.08 Å². The Labute approximate surface area is 122 Å². The Hall–Kier alpha value is -2.40. The summed E-state index contributed by atoms with van der Waals surface area (Å²) in [4.78, 5) is 12.3. The average molecular weight is 300 g/mol. The fourth-order valence-corrected chi connectivity index (χ4v) is 4.05. The Morgan fingerprint density at radius 1 is 0.952 bits per heavy atom. The second-order valence-corrected chi connectivity index (χ2v) is 6.46. The number of benzene rings is 2. The van der Waals surface area contributed by atoms with E-state index >= 15 is 0 Å². The predicted molar refractivity (Wildman–Crippen MR) is 78.9 cm³/mol. The maximum absolute atomic E-state index is 12.7. The van der Waals surface area contributed by atoms with Crippen LogP contribution < -0.4 is 4.74 Å². The molecule has 0 amide bonds. The number of ether oxygens (including phenoxy) is 1. The molecule has 1 aliphatic heterocycles. The van der Waals surface area contributed by atoms with Crippen LogP contribution in [-0.2, 0) is 9.84 Å². The van der Waals surface area contributed by atoms with E-state index in [1.807, 2.05) is 0 Å². The number of allylic oxidation sites excluding steroid dienone is 1. The van der Waals surface area contributed by atoms with Crippen LogP contribution in [0.3, 0.4) is 0 Å². The van der Waals surface area contributed by atoms with E-state index in [1.165, 1.54) is 13.2 Å². The standard InChI is InChI=1S/C16H12O4S/c1-20-13-8-5-9-14-16(13)12(17)10-15(21(14,18)19)11-6-3-2-4-7-11/h2-10H,1H3. The van der Waals surface area contributed by atoms with Crippen LogP contribution in [0.5, 0.6) is 5.75 Å². The third kappa shape index (κ3) is 2.06. The Morgan fingerprint density at radius 2 is 1.67 bits per heavy atom. The van der Waals surface area contributed by atoms with Crippen LogP contribution in [-0.4, -0.2) is 21.3 Å². The minimum absolute atomic E-state index is 0.00629. The van der Waals surface area contributed by atoms with E-state index in [9.17, 15) is 13.2 Å². The molecule has 0 aromatic heterocycles. The lowest BCUT2D eigenvalue weighted by Gasteiger charge is -2.18. The minimum atomic E-state index is -3.74. The second kappa shape index (κ2) is 4.86. The lowest BCUT2D eigenvalue weighted by molar-refractivity contribution is 0.104. The highest BCUT2D eigenvalue weighted by Crippen LogP contribution is 2.38. The number of fused-ring (bicyclic) bond motifs is 1. The van der Waals surface area contributed by atoms with Gasteiger partial charge in [-0.1, -0.05) is 36.4 Å². The molecule has 0 atom stereocenters. The maximum Gasteiger partial charge on any atom is 0.208 e. The lowest BCUT2D eigenvalue weighted by Crippen LogP contribution is -2.17. The van der Waals surface area contributed by atoms with Crippen molar-refractivity contribution in [3.05, 3.63) is 65.7 Å². The molecule has 0 fully saturated rings. The van der Waals surface area contributed by atoms with E-state index in [2.05, 4.69) is 0 Å². The Balaban J connectivity index is 2.29. The number of rotatable bonds is 2. The molecule has 3 rings (SSSR count).